The summed E-state index contributed by atoms with van der Waals surface area (Å²) in [6.07, 6.45) is 4.66. The van der Waals surface area contributed by atoms with E-state index in [1.807, 2.05) is 0 Å². The largest absolute Gasteiger partial charge is 0.490 e. The first-order valence-electron chi connectivity index (χ1n) is 13.8. The summed E-state index contributed by atoms with van der Waals surface area (Å²) < 4.78 is 23.0. The van der Waals surface area contributed by atoms with E-state index in [0.717, 1.165) is 16.8 Å². The van der Waals surface area contributed by atoms with Gasteiger partial charge in [0.25, 0.3) is 11.8 Å². The number of nitrogens with zero attached hydrogens (tertiary/aromatic N) is 9. The number of aromatic nitrogens is 9. The first-order chi connectivity index (χ1) is 23.6. The van der Waals surface area contributed by atoms with Gasteiger partial charge in [0.2, 0.25) is 0 Å². The summed E-state index contributed by atoms with van der Waals surface area (Å²) in [7, 11) is 0. The summed E-state index contributed by atoms with van der Waals surface area (Å²) in [6, 6.07) is 9.78. The van der Waals surface area contributed by atoms with Gasteiger partial charge in [-0.3, -0.25) is 14.2 Å². The molecule has 0 atom stereocenters. The standard InChI is InChI=1S/C29H19ClFN11O7/c30-17-10-15(28(45)46)21(33-26(43)19-1-3-24(36-35-19)41-7-6-32-13-41)9-14(17)5-8-49-23-12-22(16(29(47)48)11-18(23)31)34-27(44)20-2-4-25-37-39-40-42(25)38-20/h1-4,6-7,9-13H,5,8H2,(H,33,43)(H,34,44)(H,45,46)(H,47,48). The number of anilines is 2. The van der Waals surface area contributed by atoms with Crippen LogP contribution in [0.4, 0.5) is 15.8 Å². The number of ether oxygens (including phenoxy) is 1. The molecule has 0 fully saturated rings. The van der Waals surface area contributed by atoms with Gasteiger partial charge in [-0.1, -0.05) is 11.6 Å². The van der Waals surface area contributed by atoms with E-state index in [0.29, 0.717) is 17.4 Å². The molecule has 246 valence electrons. The lowest BCUT2D eigenvalue weighted by Gasteiger charge is -2.15. The molecule has 6 rings (SSSR count). The minimum atomic E-state index is -1.52. The van der Waals surface area contributed by atoms with Crippen molar-refractivity contribution in [3.63, 3.8) is 0 Å². The zero-order chi connectivity index (χ0) is 34.7. The van der Waals surface area contributed by atoms with E-state index in [1.165, 1.54) is 36.7 Å². The highest BCUT2D eigenvalue weighted by atomic mass is 35.5. The molecule has 0 radical (unpaired) electrons. The maximum atomic E-state index is 14.9. The lowest BCUT2D eigenvalue weighted by Crippen LogP contribution is -2.18. The van der Waals surface area contributed by atoms with Crippen LogP contribution in [0.5, 0.6) is 5.75 Å². The molecule has 20 heteroatoms. The lowest BCUT2D eigenvalue weighted by atomic mass is 10.1. The maximum Gasteiger partial charge on any atom is 0.337 e. The van der Waals surface area contributed by atoms with Crippen molar-refractivity contribution in [2.45, 2.75) is 6.42 Å². The van der Waals surface area contributed by atoms with Crippen molar-refractivity contribution in [1.82, 2.24) is 45.0 Å². The quantitative estimate of drug-likeness (QED) is 0.153. The molecule has 6 aromatic rings. The van der Waals surface area contributed by atoms with E-state index in [1.54, 1.807) is 17.0 Å². The third kappa shape index (κ3) is 6.95. The van der Waals surface area contributed by atoms with E-state index < -0.39 is 40.9 Å². The highest BCUT2D eigenvalue weighted by Gasteiger charge is 2.21. The number of aromatic carboxylic acids is 2. The second-order valence-corrected chi connectivity index (χ2v) is 10.3. The average molecular weight is 688 g/mol. The summed E-state index contributed by atoms with van der Waals surface area (Å²) in [4.78, 5) is 53.4. The van der Waals surface area contributed by atoms with E-state index in [2.05, 4.69) is 46.4 Å². The van der Waals surface area contributed by atoms with Crippen LogP contribution in [-0.2, 0) is 6.42 Å². The second-order valence-electron chi connectivity index (χ2n) is 9.93. The molecule has 2 aromatic carbocycles. The zero-order valence-electron chi connectivity index (χ0n) is 24.5. The van der Waals surface area contributed by atoms with Crippen molar-refractivity contribution < 1.29 is 38.5 Å². The molecule has 0 aliphatic carbocycles. The van der Waals surface area contributed by atoms with Gasteiger partial charge in [0.1, 0.15) is 6.33 Å². The van der Waals surface area contributed by atoms with Gasteiger partial charge in [0, 0.05) is 29.9 Å². The predicted molar refractivity (Wildman–Crippen MR) is 165 cm³/mol. The monoisotopic (exact) mass is 687 g/mol. The first kappa shape index (κ1) is 32.1. The van der Waals surface area contributed by atoms with Crippen LogP contribution in [0.25, 0.3) is 11.5 Å². The van der Waals surface area contributed by atoms with Crippen LogP contribution in [0.15, 0.2) is 67.3 Å². The van der Waals surface area contributed by atoms with Crippen LogP contribution < -0.4 is 15.4 Å². The minimum absolute atomic E-state index is 0.0152. The molecule has 0 aliphatic rings. The molecule has 0 spiro atoms. The van der Waals surface area contributed by atoms with Gasteiger partial charge in [0.05, 0.1) is 29.1 Å². The van der Waals surface area contributed by atoms with Crippen molar-refractivity contribution >= 4 is 52.4 Å². The molecule has 0 unspecified atom stereocenters. The number of hydrogen-bond acceptors (Lipinski definition) is 12. The summed E-state index contributed by atoms with van der Waals surface area (Å²) >= 11 is 6.34. The second kappa shape index (κ2) is 13.5. The number of carbonyl (C=O) groups excluding carboxylic acids is 2. The molecule has 4 N–H and O–H groups in total. The molecule has 4 heterocycles. The highest BCUT2D eigenvalue weighted by molar-refractivity contribution is 6.32. The number of benzene rings is 2. The molecule has 0 saturated carbocycles. The number of rotatable bonds is 11. The van der Waals surface area contributed by atoms with Crippen LogP contribution in [0, 0.1) is 5.82 Å². The topological polar surface area (TPSA) is 242 Å². The van der Waals surface area contributed by atoms with Crippen molar-refractivity contribution in [2.75, 3.05) is 17.2 Å². The number of imidazole rings is 1. The van der Waals surface area contributed by atoms with Gasteiger partial charge < -0.3 is 25.6 Å². The predicted octanol–water partition coefficient (Wildman–Crippen LogP) is 2.81. The minimum Gasteiger partial charge on any atom is -0.490 e. The number of amides is 2. The number of tetrazole rings is 1. The molecule has 0 saturated heterocycles. The fraction of sp³-hybridized carbons (Fsp3) is 0.0690. The number of carboxylic acid groups (broad SMARTS) is 2. The molecule has 0 bridgehead atoms. The summed E-state index contributed by atoms with van der Waals surface area (Å²) in [6.45, 7) is -0.241. The van der Waals surface area contributed by atoms with Crippen molar-refractivity contribution in [3.05, 3.63) is 106 Å². The van der Waals surface area contributed by atoms with E-state index in [4.69, 9.17) is 16.3 Å². The fourth-order valence-electron chi connectivity index (χ4n) is 4.43. The summed E-state index contributed by atoms with van der Waals surface area (Å²) in [5, 5.41) is 46.7. The summed E-state index contributed by atoms with van der Waals surface area (Å²) in [5.41, 5.74) is -0.942. The number of nitrogens with one attached hydrogen (secondary N) is 2. The Balaban J connectivity index is 1.17. The SMILES string of the molecule is O=C(Nc1cc(CCOc2cc(NC(=O)c3ccc4nnnn4n3)c(C(=O)O)cc2F)c(Cl)cc1C(=O)O)c1ccc(-n2ccnc2)nn1. The smallest absolute Gasteiger partial charge is 0.337 e. The molecular formula is C29H19ClFN11O7. The van der Waals surface area contributed by atoms with Gasteiger partial charge in [-0.05, 0) is 58.5 Å². The van der Waals surface area contributed by atoms with Crippen LogP contribution in [0.3, 0.4) is 0 Å². The normalized spacial score (nSPS) is 10.9. The van der Waals surface area contributed by atoms with E-state index in [9.17, 15) is 33.8 Å². The van der Waals surface area contributed by atoms with E-state index >= 15 is 0 Å². The molecule has 18 nitrogen and oxygen atoms in total. The molecule has 4 aromatic heterocycles. The van der Waals surface area contributed by atoms with Crippen LogP contribution in [0.1, 0.15) is 47.3 Å². The van der Waals surface area contributed by atoms with Crippen molar-refractivity contribution in [2.24, 2.45) is 0 Å². The molecule has 0 aliphatic heterocycles. The highest BCUT2D eigenvalue weighted by Crippen LogP contribution is 2.29. The molecule has 49 heavy (non-hydrogen) atoms. The molecule has 2 amide bonds. The Morgan fingerprint density at radius 3 is 2.29 bits per heavy atom. The Hall–Kier alpha value is -6.89. The van der Waals surface area contributed by atoms with Gasteiger partial charge in [-0.25, -0.2) is 19.0 Å². The lowest BCUT2D eigenvalue weighted by molar-refractivity contribution is 0.0686. The van der Waals surface area contributed by atoms with Gasteiger partial charge in [-0.2, -0.15) is 0 Å². The Labute approximate surface area is 277 Å². The first-order valence-corrected chi connectivity index (χ1v) is 14.2. The van der Waals surface area contributed by atoms with E-state index in [-0.39, 0.29) is 52.0 Å². The Morgan fingerprint density at radius 2 is 1.59 bits per heavy atom. The van der Waals surface area contributed by atoms with Gasteiger partial charge >= 0.3 is 11.9 Å². The Kier molecular flexibility index (Phi) is 8.81. The van der Waals surface area contributed by atoms with Gasteiger partial charge in [0.15, 0.2) is 34.4 Å². The zero-order valence-corrected chi connectivity index (χ0v) is 25.2. The van der Waals surface area contributed by atoms with Gasteiger partial charge in [-0.15, -0.1) is 25.0 Å². The number of hydrogen-bond donors (Lipinski definition) is 4. The number of carboxylic acids is 2. The fourth-order valence-corrected chi connectivity index (χ4v) is 4.69. The molecular weight excluding hydrogens is 669 g/mol. The number of halogens is 2. The number of fused-ring (bicyclic) bond motifs is 1. The third-order valence-corrected chi connectivity index (χ3v) is 7.15. The van der Waals surface area contributed by atoms with Crippen molar-refractivity contribution in [1.29, 1.82) is 0 Å². The van der Waals surface area contributed by atoms with Crippen LogP contribution in [-0.4, -0.2) is 85.6 Å². The van der Waals surface area contributed by atoms with Crippen LogP contribution in [0.2, 0.25) is 5.02 Å². The third-order valence-electron chi connectivity index (χ3n) is 6.80. The van der Waals surface area contributed by atoms with Crippen molar-refractivity contribution in [3.8, 4) is 11.6 Å². The Bertz CT molecular complexity index is 2250. The number of carbonyl (C=O) groups is 4. The summed E-state index contributed by atoms with van der Waals surface area (Å²) in [5.74, 6) is -5.53. The maximum absolute atomic E-state index is 14.9. The van der Waals surface area contributed by atoms with Crippen LogP contribution >= 0.6 is 11.6 Å². The Morgan fingerprint density at radius 1 is 0.878 bits per heavy atom. The average Bonchev–Trinajstić information content (AvgIpc) is 3.79.